The first-order valence-corrected chi connectivity index (χ1v) is 11.3. The summed E-state index contributed by atoms with van der Waals surface area (Å²) in [5.41, 5.74) is 5.05. The maximum atomic E-state index is 13.9. The van der Waals surface area contributed by atoms with Crippen molar-refractivity contribution < 1.29 is 4.79 Å². The van der Waals surface area contributed by atoms with Crippen LogP contribution in [-0.4, -0.2) is 15.9 Å². The standard InChI is InChI=1S/C25H25Cl2N3O/c1-13-10-18-19(11-14(13)2)29-21-20(28-18)24(5)8-9-25(21,23(24,3)4)22(31)30-17-7-6-15(26)12-16(17)27/h6-7,10-12H,8-9H2,1-5H3,(H,30,31). The number of anilines is 1. The smallest absolute Gasteiger partial charge is 0.237 e. The van der Waals surface area contributed by atoms with Gasteiger partial charge < -0.3 is 5.32 Å². The van der Waals surface area contributed by atoms with E-state index >= 15 is 0 Å². The van der Waals surface area contributed by atoms with Crippen molar-refractivity contribution in [2.45, 2.75) is 58.3 Å². The highest BCUT2D eigenvalue weighted by Gasteiger charge is 2.73. The van der Waals surface area contributed by atoms with Crippen LogP contribution in [0.5, 0.6) is 0 Å². The molecular formula is C25H25Cl2N3O. The predicted molar refractivity (Wildman–Crippen MR) is 126 cm³/mol. The molecule has 2 atom stereocenters. The molecule has 1 saturated carbocycles. The lowest BCUT2D eigenvalue weighted by Crippen LogP contribution is -2.48. The van der Waals surface area contributed by atoms with Gasteiger partial charge in [0.05, 0.1) is 38.5 Å². The molecule has 1 fully saturated rings. The fourth-order valence-corrected chi connectivity index (χ4v) is 6.14. The summed E-state index contributed by atoms with van der Waals surface area (Å²) >= 11 is 12.4. The van der Waals surface area contributed by atoms with Gasteiger partial charge in [-0.3, -0.25) is 4.79 Å². The zero-order valence-electron chi connectivity index (χ0n) is 18.4. The van der Waals surface area contributed by atoms with Crippen molar-refractivity contribution in [3.63, 3.8) is 0 Å². The van der Waals surface area contributed by atoms with Crippen molar-refractivity contribution in [2.24, 2.45) is 5.41 Å². The number of nitrogens with zero attached hydrogens (tertiary/aromatic N) is 2. The van der Waals surface area contributed by atoms with Crippen LogP contribution in [0.25, 0.3) is 11.0 Å². The maximum Gasteiger partial charge on any atom is 0.237 e. The summed E-state index contributed by atoms with van der Waals surface area (Å²) in [4.78, 5) is 24.1. The van der Waals surface area contributed by atoms with E-state index in [2.05, 4.69) is 52.1 Å². The van der Waals surface area contributed by atoms with E-state index in [9.17, 15) is 4.79 Å². The molecule has 31 heavy (non-hydrogen) atoms. The van der Waals surface area contributed by atoms with Crippen LogP contribution in [0.2, 0.25) is 10.0 Å². The molecule has 0 spiro atoms. The Morgan fingerprint density at radius 2 is 1.55 bits per heavy atom. The highest BCUT2D eigenvalue weighted by atomic mass is 35.5. The summed E-state index contributed by atoms with van der Waals surface area (Å²) in [7, 11) is 0. The van der Waals surface area contributed by atoms with Crippen molar-refractivity contribution in [2.75, 3.05) is 5.32 Å². The fraction of sp³-hybridized carbons (Fsp3) is 0.400. The summed E-state index contributed by atoms with van der Waals surface area (Å²) < 4.78 is 0. The van der Waals surface area contributed by atoms with Gasteiger partial charge in [0.15, 0.2) is 0 Å². The monoisotopic (exact) mass is 453 g/mol. The summed E-state index contributed by atoms with van der Waals surface area (Å²) in [6.07, 6.45) is 1.62. The minimum absolute atomic E-state index is 0.0818. The number of nitrogens with one attached hydrogen (secondary N) is 1. The predicted octanol–water partition coefficient (Wildman–Crippen LogP) is 6.52. The normalized spacial score (nSPS) is 25.6. The third-order valence-electron chi connectivity index (χ3n) is 8.22. The second kappa shape index (κ2) is 6.43. The van der Waals surface area contributed by atoms with Gasteiger partial charge in [0, 0.05) is 10.4 Å². The Morgan fingerprint density at radius 1 is 0.935 bits per heavy atom. The lowest BCUT2D eigenvalue weighted by molar-refractivity contribution is -0.125. The third kappa shape index (κ3) is 2.52. The Hall–Kier alpha value is -2.17. The molecule has 1 heterocycles. The minimum atomic E-state index is -0.778. The Kier molecular flexibility index (Phi) is 4.30. The fourth-order valence-electron chi connectivity index (χ4n) is 5.68. The third-order valence-corrected chi connectivity index (χ3v) is 8.77. The number of aromatic nitrogens is 2. The van der Waals surface area contributed by atoms with Crippen molar-refractivity contribution >= 4 is 45.8 Å². The average molecular weight is 454 g/mol. The van der Waals surface area contributed by atoms with Gasteiger partial charge in [-0.2, -0.15) is 0 Å². The van der Waals surface area contributed by atoms with Crippen molar-refractivity contribution in [1.29, 1.82) is 0 Å². The van der Waals surface area contributed by atoms with Crippen molar-refractivity contribution in [3.05, 3.63) is 62.9 Å². The van der Waals surface area contributed by atoms with Gasteiger partial charge in [0.1, 0.15) is 0 Å². The Morgan fingerprint density at radius 3 is 2.16 bits per heavy atom. The number of halogens is 2. The molecule has 1 N–H and O–H groups in total. The van der Waals surface area contributed by atoms with E-state index < -0.39 is 5.41 Å². The van der Waals surface area contributed by atoms with Gasteiger partial charge in [-0.05, 0) is 73.6 Å². The number of carbonyl (C=O) groups excluding carboxylic acids is 1. The van der Waals surface area contributed by atoms with E-state index in [0.29, 0.717) is 15.7 Å². The van der Waals surface area contributed by atoms with Gasteiger partial charge >= 0.3 is 0 Å². The molecule has 2 aliphatic carbocycles. The largest absolute Gasteiger partial charge is 0.324 e. The van der Waals surface area contributed by atoms with Gasteiger partial charge in [-0.15, -0.1) is 0 Å². The van der Waals surface area contributed by atoms with Gasteiger partial charge in [-0.1, -0.05) is 44.0 Å². The molecule has 160 valence electrons. The summed E-state index contributed by atoms with van der Waals surface area (Å²) in [5, 5.41) is 4.04. The molecule has 1 aromatic heterocycles. The minimum Gasteiger partial charge on any atom is -0.324 e. The number of rotatable bonds is 2. The van der Waals surface area contributed by atoms with Crippen LogP contribution in [0.4, 0.5) is 5.69 Å². The second-order valence-electron chi connectivity index (χ2n) is 9.79. The molecule has 2 bridgehead atoms. The Balaban J connectivity index is 1.71. The average Bonchev–Trinajstić information content (AvgIpc) is 2.99. The van der Waals surface area contributed by atoms with Crippen LogP contribution in [0, 0.1) is 19.3 Å². The molecule has 0 saturated heterocycles. The first kappa shape index (κ1) is 20.7. The van der Waals surface area contributed by atoms with Gasteiger partial charge in [-0.25, -0.2) is 9.97 Å². The first-order valence-electron chi connectivity index (χ1n) is 10.6. The zero-order valence-corrected chi connectivity index (χ0v) is 19.9. The van der Waals surface area contributed by atoms with Crippen LogP contribution >= 0.6 is 23.2 Å². The summed E-state index contributed by atoms with van der Waals surface area (Å²) in [5.74, 6) is -0.0818. The van der Waals surface area contributed by atoms with E-state index in [4.69, 9.17) is 33.2 Å². The number of hydrogen-bond donors (Lipinski definition) is 1. The van der Waals surface area contributed by atoms with Crippen molar-refractivity contribution in [3.8, 4) is 0 Å². The number of aryl methyl sites for hydroxylation is 2. The number of carbonyl (C=O) groups is 1. The number of hydrogen-bond acceptors (Lipinski definition) is 3. The van der Waals surface area contributed by atoms with E-state index in [-0.39, 0.29) is 16.7 Å². The van der Waals surface area contributed by atoms with Crippen LogP contribution in [0.15, 0.2) is 30.3 Å². The molecule has 5 rings (SSSR count). The van der Waals surface area contributed by atoms with Crippen molar-refractivity contribution in [1.82, 2.24) is 9.97 Å². The Labute approximate surface area is 192 Å². The topological polar surface area (TPSA) is 54.9 Å². The SMILES string of the molecule is Cc1cc2nc3c(nc2cc1C)C1(C(=O)Nc2ccc(Cl)cc2Cl)CCC3(C)C1(C)C. The Bertz CT molecular complexity index is 1290. The second-order valence-corrected chi connectivity index (χ2v) is 10.6. The van der Waals surface area contributed by atoms with Gasteiger partial charge in [0.25, 0.3) is 0 Å². The molecule has 2 aromatic carbocycles. The van der Waals surface area contributed by atoms with Crippen LogP contribution in [0.3, 0.4) is 0 Å². The summed E-state index contributed by atoms with van der Waals surface area (Å²) in [6.45, 7) is 10.7. The first-order chi connectivity index (χ1) is 14.5. The molecule has 0 aliphatic heterocycles. The van der Waals surface area contributed by atoms with E-state index in [0.717, 1.165) is 35.3 Å². The molecule has 6 heteroatoms. The highest BCUT2D eigenvalue weighted by Crippen LogP contribution is 2.70. The van der Waals surface area contributed by atoms with Crippen LogP contribution in [-0.2, 0) is 15.6 Å². The number of fused-ring (bicyclic) bond motifs is 6. The lowest BCUT2D eigenvalue weighted by atomic mass is 9.63. The van der Waals surface area contributed by atoms with Gasteiger partial charge in [0.2, 0.25) is 5.91 Å². The molecule has 1 amide bonds. The zero-order chi connectivity index (χ0) is 22.3. The summed E-state index contributed by atoms with van der Waals surface area (Å²) in [6, 6.07) is 9.28. The molecule has 4 nitrogen and oxygen atoms in total. The quantitative estimate of drug-likeness (QED) is 0.480. The maximum absolute atomic E-state index is 13.9. The molecule has 2 aliphatic rings. The van der Waals surface area contributed by atoms with E-state index in [1.165, 1.54) is 11.1 Å². The van der Waals surface area contributed by atoms with Crippen LogP contribution in [0.1, 0.15) is 56.1 Å². The molecule has 2 unspecified atom stereocenters. The molecular weight excluding hydrogens is 429 g/mol. The lowest BCUT2D eigenvalue weighted by Gasteiger charge is -2.39. The molecule has 0 radical (unpaired) electrons. The molecule has 3 aromatic rings. The van der Waals surface area contributed by atoms with E-state index in [1.54, 1.807) is 18.2 Å². The van der Waals surface area contributed by atoms with E-state index in [1.807, 2.05) is 0 Å². The highest BCUT2D eigenvalue weighted by molar-refractivity contribution is 6.36. The van der Waals surface area contributed by atoms with Crippen LogP contribution < -0.4 is 5.32 Å². The number of benzene rings is 2. The number of amides is 1.